The Morgan fingerprint density at radius 1 is 0.632 bits per heavy atom. The van der Waals surface area contributed by atoms with Crippen LogP contribution in [-0.2, 0) is 9.59 Å². The summed E-state index contributed by atoms with van der Waals surface area (Å²) in [5.41, 5.74) is 0. The van der Waals surface area contributed by atoms with Crippen LogP contribution in [0.25, 0.3) is 0 Å². The summed E-state index contributed by atoms with van der Waals surface area (Å²) in [4.78, 5) is 38.8. The second-order valence-electron chi connectivity index (χ2n) is 12.2. The van der Waals surface area contributed by atoms with Crippen molar-refractivity contribution in [2.75, 3.05) is 125 Å². The molecule has 4 rings (SSSR count). The van der Waals surface area contributed by atoms with Gasteiger partial charge in [0.25, 0.3) is 0 Å². The van der Waals surface area contributed by atoms with Crippen LogP contribution in [-0.4, -0.2) is 167 Å². The molecular formula is C28H54N8O2. The minimum Gasteiger partial charge on any atom is -0.358 e. The number of hydrogen-bond acceptors (Lipinski definition) is 8. The predicted molar refractivity (Wildman–Crippen MR) is 152 cm³/mol. The summed E-state index contributed by atoms with van der Waals surface area (Å²) in [7, 11) is 3.93. The van der Waals surface area contributed by atoms with Gasteiger partial charge in [0.05, 0.1) is 19.8 Å². The number of amides is 2. The molecule has 4 aliphatic heterocycles. The van der Waals surface area contributed by atoms with Gasteiger partial charge in [-0.3, -0.25) is 24.3 Å². The van der Waals surface area contributed by atoms with Gasteiger partial charge in [0.15, 0.2) is 0 Å². The van der Waals surface area contributed by atoms with Crippen molar-refractivity contribution < 1.29 is 9.59 Å². The number of piperazine rings is 2. The summed E-state index contributed by atoms with van der Waals surface area (Å²) in [6, 6.07) is 0. The molecule has 0 spiro atoms. The summed E-state index contributed by atoms with van der Waals surface area (Å²) in [5, 5.41) is 5.90. The Balaban J connectivity index is 1.01. The van der Waals surface area contributed by atoms with Crippen LogP contribution in [0, 0.1) is 11.8 Å². The standard InChI is InChI=1S/C28H54N8O2/c1-29-27(37)22-33-11-6-26(7-12-33)21-35-17-19-36(20-18-35)24-30-28(38)23-34-9-4-25(5-10-34)3-8-32-15-13-31(2)14-16-32/h25-26H,3-24H2,1-2H3,(H,29,37)(H,30,38). The zero-order valence-corrected chi connectivity index (χ0v) is 24.2. The first-order valence-corrected chi connectivity index (χ1v) is 15.2. The Morgan fingerprint density at radius 2 is 1.16 bits per heavy atom. The van der Waals surface area contributed by atoms with Gasteiger partial charge in [-0.25, -0.2) is 0 Å². The molecule has 2 N–H and O–H groups in total. The second-order valence-corrected chi connectivity index (χ2v) is 12.2. The number of carbonyl (C=O) groups excluding carboxylic acids is 2. The molecule has 0 unspecified atom stereocenters. The molecule has 0 aromatic carbocycles. The van der Waals surface area contributed by atoms with Crippen molar-refractivity contribution in [3.63, 3.8) is 0 Å². The third-order valence-electron chi connectivity index (χ3n) is 9.36. The molecule has 0 radical (unpaired) electrons. The highest BCUT2D eigenvalue weighted by Gasteiger charge is 2.26. The highest BCUT2D eigenvalue weighted by molar-refractivity contribution is 5.78. The van der Waals surface area contributed by atoms with E-state index in [0.717, 1.165) is 64.2 Å². The molecule has 4 saturated heterocycles. The molecule has 0 atom stereocenters. The molecule has 4 aliphatic rings. The van der Waals surface area contributed by atoms with Gasteiger partial charge in [-0.2, -0.15) is 0 Å². The fourth-order valence-corrected chi connectivity index (χ4v) is 6.43. The number of piperidine rings is 2. The molecule has 0 aliphatic carbocycles. The highest BCUT2D eigenvalue weighted by atomic mass is 16.2. The highest BCUT2D eigenvalue weighted by Crippen LogP contribution is 2.21. The molecule has 0 bridgehead atoms. The van der Waals surface area contributed by atoms with Crippen LogP contribution in [0.1, 0.15) is 32.1 Å². The van der Waals surface area contributed by atoms with E-state index >= 15 is 0 Å². The van der Waals surface area contributed by atoms with Gasteiger partial charge >= 0.3 is 0 Å². The summed E-state index contributed by atoms with van der Waals surface area (Å²) in [6.45, 7) is 17.4. The van der Waals surface area contributed by atoms with Crippen molar-refractivity contribution in [2.45, 2.75) is 32.1 Å². The van der Waals surface area contributed by atoms with E-state index in [0.29, 0.717) is 19.8 Å². The summed E-state index contributed by atoms with van der Waals surface area (Å²) < 4.78 is 0. The zero-order chi connectivity index (χ0) is 26.7. The van der Waals surface area contributed by atoms with E-state index in [1.807, 2.05) is 0 Å². The van der Waals surface area contributed by atoms with Crippen LogP contribution in [0.2, 0.25) is 0 Å². The average molecular weight is 535 g/mol. The van der Waals surface area contributed by atoms with E-state index in [9.17, 15) is 9.59 Å². The molecule has 0 aromatic heterocycles. The maximum atomic E-state index is 12.6. The number of likely N-dealkylation sites (tertiary alicyclic amines) is 2. The van der Waals surface area contributed by atoms with E-state index in [1.54, 1.807) is 7.05 Å². The van der Waals surface area contributed by atoms with Crippen molar-refractivity contribution in [1.82, 2.24) is 40.0 Å². The molecule has 0 aromatic rings. The summed E-state index contributed by atoms with van der Waals surface area (Å²) >= 11 is 0. The van der Waals surface area contributed by atoms with Crippen molar-refractivity contribution in [2.24, 2.45) is 11.8 Å². The van der Waals surface area contributed by atoms with Gasteiger partial charge in [0, 0.05) is 66.0 Å². The van der Waals surface area contributed by atoms with E-state index in [4.69, 9.17) is 0 Å². The number of nitrogens with one attached hydrogen (secondary N) is 2. The topological polar surface area (TPSA) is 77.6 Å². The third kappa shape index (κ3) is 10.0. The van der Waals surface area contributed by atoms with E-state index in [2.05, 4.69) is 47.1 Å². The first kappa shape index (κ1) is 29.7. The lowest BCUT2D eigenvalue weighted by Gasteiger charge is -2.38. The molecule has 2 amide bonds. The normalized spacial score (nSPS) is 25.0. The van der Waals surface area contributed by atoms with Crippen LogP contribution < -0.4 is 10.6 Å². The molecule has 10 heteroatoms. The lowest BCUT2D eigenvalue weighted by Crippen LogP contribution is -2.52. The largest absolute Gasteiger partial charge is 0.358 e. The Bertz CT molecular complexity index is 708. The summed E-state index contributed by atoms with van der Waals surface area (Å²) in [5.74, 6) is 1.84. The first-order valence-electron chi connectivity index (χ1n) is 15.2. The van der Waals surface area contributed by atoms with Crippen molar-refractivity contribution >= 4 is 11.8 Å². The maximum absolute atomic E-state index is 12.6. The number of hydrogen-bond donors (Lipinski definition) is 2. The minimum absolute atomic E-state index is 0.114. The first-order chi connectivity index (χ1) is 18.5. The maximum Gasteiger partial charge on any atom is 0.235 e. The molecule has 4 heterocycles. The lowest BCUT2D eigenvalue weighted by atomic mass is 9.93. The summed E-state index contributed by atoms with van der Waals surface area (Å²) in [6.07, 6.45) is 6.14. The van der Waals surface area contributed by atoms with Gasteiger partial charge in [-0.1, -0.05) is 0 Å². The molecular weight excluding hydrogens is 480 g/mol. The van der Waals surface area contributed by atoms with Gasteiger partial charge < -0.3 is 25.3 Å². The van der Waals surface area contributed by atoms with Crippen LogP contribution in [0.15, 0.2) is 0 Å². The van der Waals surface area contributed by atoms with Crippen LogP contribution in [0.3, 0.4) is 0 Å². The van der Waals surface area contributed by atoms with E-state index in [-0.39, 0.29) is 11.8 Å². The second kappa shape index (κ2) is 15.5. The third-order valence-corrected chi connectivity index (χ3v) is 9.36. The van der Waals surface area contributed by atoms with Crippen molar-refractivity contribution in [3.8, 4) is 0 Å². The van der Waals surface area contributed by atoms with Crippen LogP contribution in [0.5, 0.6) is 0 Å². The van der Waals surface area contributed by atoms with Crippen LogP contribution >= 0.6 is 0 Å². The minimum atomic E-state index is 0.114. The molecule has 218 valence electrons. The average Bonchev–Trinajstić information content (AvgIpc) is 2.94. The fourth-order valence-electron chi connectivity index (χ4n) is 6.43. The smallest absolute Gasteiger partial charge is 0.235 e. The number of rotatable bonds is 11. The van der Waals surface area contributed by atoms with Gasteiger partial charge in [-0.15, -0.1) is 0 Å². The number of carbonyl (C=O) groups is 2. The van der Waals surface area contributed by atoms with Crippen molar-refractivity contribution in [1.29, 1.82) is 0 Å². The fraction of sp³-hybridized carbons (Fsp3) is 0.929. The Hall–Kier alpha value is -1.30. The quantitative estimate of drug-likeness (QED) is 0.367. The monoisotopic (exact) mass is 534 g/mol. The van der Waals surface area contributed by atoms with E-state index in [1.165, 1.54) is 71.4 Å². The zero-order valence-electron chi connectivity index (χ0n) is 24.2. The van der Waals surface area contributed by atoms with Gasteiger partial charge in [0.1, 0.15) is 0 Å². The molecule has 10 nitrogen and oxygen atoms in total. The van der Waals surface area contributed by atoms with Gasteiger partial charge in [-0.05, 0) is 83.7 Å². The van der Waals surface area contributed by atoms with E-state index < -0.39 is 0 Å². The Morgan fingerprint density at radius 3 is 1.76 bits per heavy atom. The molecule has 38 heavy (non-hydrogen) atoms. The predicted octanol–water partition coefficient (Wildman–Crippen LogP) is -0.515. The van der Waals surface area contributed by atoms with Crippen LogP contribution in [0.4, 0.5) is 0 Å². The van der Waals surface area contributed by atoms with Gasteiger partial charge in [0.2, 0.25) is 11.8 Å². The molecule has 0 saturated carbocycles. The molecule has 4 fully saturated rings. The Labute approximate surface area is 231 Å². The lowest BCUT2D eigenvalue weighted by molar-refractivity contribution is -0.123. The number of likely N-dealkylation sites (N-methyl/N-ethyl adjacent to an activating group) is 2. The van der Waals surface area contributed by atoms with Crippen molar-refractivity contribution in [3.05, 3.63) is 0 Å². The SMILES string of the molecule is CNC(=O)CN1CCC(CN2CCN(CNC(=O)CN3CCC(CCN4CCN(C)CC4)CC3)CC2)CC1. The Kier molecular flexibility index (Phi) is 12.1. The number of nitrogens with zero attached hydrogens (tertiary/aromatic N) is 6.